The fourth-order valence-electron chi connectivity index (χ4n) is 1.83. The molecule has 0 aliphatic rings. The lowest BCUT2D eigenvalue weighted by molar-refractivity contribution is 0.215. The van der Waals surface area contributed by atoms with Crippen LogP contribution in [0.2, 0.25) is 0 Å². The van der Waals surface area contributed by atoms with E-state index in [0.29, 0.717) is 11.1 Å². The van der Waals surface area contributed by atoms with Gasteiger partial charge in [0.2, 0.25) is 0 Å². The van der Waals surface area contributed by atoms with Crippen LogP contribution in [0.1, 0.15) is 28.4 Å². The predicted molar refractivity (Wildman–Crippen MR) is 66.4 cm³/mol. The molecule has 2 nitrogen and oxygen atoms in total. The second-order valence-electron chi connectivity index (χ2n) is 4.16. The van der Waals surface area contributed by atoms with Crippen LogP contribution in [-0.2, 0) is 0 Å². The Morgan fingerprint density at radius 2 is 2.00 bits per heavy atom. The monoisotopic (exact) mass is 241 g/mol. The Morgan fingerprint density at radius 1 is 1.22 bits per heavy atom. The summed E-state index contributed by atoms with van der Waals surface area (Å²) >= 11 is 0. The van der Waals surface area contributed by atoms with Crippen molar-refractivity contribution < 1.29 is 9.50 Å². The van der Waals surface area contributed by atoms with Crippen LogP contribution in [-0.4, -0.2) is 5.11 Å². The summed E-state index contributed by atoms with van der Waals surface area (Å²) in [6.07, 6.45) is -1.06. The average Bonchev–Trinajstić information content (AvgIpc) is 2.41. The van der Waals surface area contributed by atoms with Crippen LogP contribution in [0.4, 0.5) is 4.39 Å². The Balaban J connectivity index is 2.44. The zero-order chi connectivity index (χ0) is 13.1. The fraction of sp³-hybridized carbons (Fsp3) is 0.133. The lowest BCUT2D eigenvalue weighted by Gasteiger charge is -2.13. The maximum absolute atomic E-state index is 13.7. The van der Waals surface area contributed by atoms with Gasteiger partial charge in [-0.15, -0.1) is 0 Å². The molecule has 2 aromatic rings. The van der Waals surface area contributed by atoms with Crippen molar-refractivity contribution >= 4 is 0 Å². The zero-order valence-corrected chi connectivity index (χ0v) is 9.89. The number of nitrogens with zero attached hydrogens (tertiary/aromatic N) is 1. The molecule has 0 heterocycles. The third kappa shape index (κ3) is 2.39. The topological polar surface area (TPSA) is 44.0 Å². The first-order valence-electron chi connectivity index (χ1n) is 5.56. The van der Waals surface area contributed by atoms with Crippen LogP contribution < -0.4 is 0 Å². The molecule has 0 saturated carbocycles. The van der Waals surface area contributed by atoms with Crippen LogP contribution in [0.3, 0.4) is 0 Å². The van der Waals surface area contributed by atoms with Crippen molar-refractivity contribution in [2.45, 2.75) is 13.0 Å². The molecule has 2 rings (SSSR count). The highest BCUT2D eigenvalue weighted by molar-refractivity contribution is 5.38. The van der Waals surface area contributed by atoms with E-state index in [2.05, 4.69) is 0 Å². The Bertz CT molecular complexity index is 616. The van der Waals surface area contributed by atoms with Gasteiger partial charge in [0, 0.05) is 5.56 Å². The van der Waals surface area contributed by atoms with Gasteiger partial charge in [0.05, 0.1) is 11.6 Å². The average molecular weight is 241 g/mol. The Morgan fingerprint density at radius 3 is 2.72 bits per heavy atom. The standard InChI is InChI=1S/C15H12FNO/c1-10-5-6-14(16)13(7-10)15(18)12-4-2-3-11(8-12)9-17/h2-8,15,18H,1H3. The van der Waals surface area contributed by atoms with Gasteiger partial charge < -0.3 is 5.11 Å². The number of hydrogen-bond donors (Lipinski definition) is 1. The van der Waals surface area contributed by atoms with Gasteiger partial charge in [-0.3, -0.25) is 0 Å². The second kappa shape index (κ2) is 4.99. The normalized spacial score (nSPS) is 11.9. The van der Waals surface area contributed by atoms with E-state index in [1.807, 2.05) is 13.0 Å². The highest BCUT2D eigenvalue weighted by Crippen LogP contribution is 2.25. The first kappa shape index (κ1) is 12.3. The molecule has 1 N–H and O–H groups in total. The minimum Gasteiger partial charge on any atom is -0.384 e. The molecule has 0 radical (unpaired) electrons. The number of aliphatic hydroxyl groups is 1. The molecule has 0 saturated heterocycles. The summed E-state index contributed by atoms with van der Waals surface area (Å²) in [5.74, 6) is -0.449. The maximum Gasteiger partial charge on any atom is 0.129 e. The number of aryl methyl sites for hydroxylation is 1. The van der Waals surface area contributed by atoms with Crippen molar-refractivity contribution in [2.24, 2.45) is 0 Å². The molecule has 18 heavy (non-hydrogen) atoms. The molecule has 0 aliphatic heterocycles. The van der Waals surface area contributed by atoms with Gasteiger partial charge in [-0.1, -0.05) is 29.8 Å². The van der Waals surface area contributed by atoms with Gasteiger partial charge in [-0.05, 0) is 30.7 Å². The van der Waals surface area contributed by atoms with Crippen molar-refractivity contribution in [2.75, 3.05) is 0 Å². The minimum absolute atomic E-state index is 0.227. The van der Waals surface area contributed by atoms with Crippen molar-refractivity contribution in [1.82, 2.24) is 0 Å². The summed E-state index contributed by atoms with van der Waals surface area (Å²) in [6.45, 7) is 1.83. The lowest BCUT2D eigenvalue weighted by Crippen LogP contribution is -2.03. The van der Waals surface area contributed by atoms with Gasteiger partial charge in [0.15, 0.2) is 0 Å². The summed E-state index contributed by atoms with van der Waals surface area (Å²) in [5, 5.41) is 19.0. The molecule has 0 spiro atoms. The molecule has 3 heteroatoms. The molecule has 0 aliphatic carbocycles. The van der Waals surface area contributed by atoms with Crippen molar-refractivity contribution in [3.8, 4) is 6.07 Å². The molecular weight excluding hydrogens is 229 g/mol. The molecular formula is C15H12FNO. The molecule has 0 amide bonds. The van der Waals surface area contributed by atoms with E-state index in [9.17, 15) is 9.50 Å². The van der Waals surface area contributed by atoms with Crippen LogP contribution >= 0.6 is 0 Å². The van der Waals surface area contributed by atoms with Gasteiger partial charge in [-0.2, -0.15) is 5.26 Å². The van der Waals surface area contributed by atoms with Crippen molar-refractivity contribution in [1.29, 1.82) is 5.26 Å². The van der Waals surface area contributed by atoms with Crippen LogP contribution in [0, 0.1) is 24.1 Å². The third-order valence-corrected chi connectivity index (χ3v) is 2.78. The highest BCUT2D eigenvalue weighted by atomic mass is 19.1. The van der Waals surface area contributed by atoms with Crippen molar-refractivity contribution in [3.05, 3.63) is 70.5 Å². The molecule has 0 aromatic heterocycles. The molecule has 1 atom stereocenters. The number of benzene rings is 2. The summed E-state index contributed by atoms with van der Waals surface area (Å²) in [6, 6.07) is 13.1. The summed E-state index contributed by atoms with van der Waals surface area (Å²) in [7, 11) is 0. The van der Waals surface area contributed by atoms with E-state index in [4.69, 9.17) is 5.26 Å². The molecule has 2 aromatic carbocycles. The molecule has 0 bridgehead atoms. The number of halogens is 1. The van der Waals surface area contributed by atoms with Gasteiger partial charge >= 0.3 is 0 Å². The Labute approximate surface area is 105 Å². The van der Waals surface area contributed by atoms with E-state index < -0.39 is 11.9 Å². The SMILES string of the molecule is Cc1ccc(F)c(C(O)c2cccc(C#N)c2)c1. The van der Waals surface area contributed by atoms with E-state index in [0.717, 1.165) is 5.56 Å². The van der Waals surface area contributed by atoms with Crippen LogP contribution in [0.15, 0.2) is 42.5 Å². The summed E-state index contributed by atoms with van der Waals surface area (Å²) in [4.78, 5) is 0. The second-order valence-corrected chi connectivity index (χ2v) is 4.16. The Hall–Kier alpha value is -2.18. The maximum atomic E-state index is 13.7. The van der Waals surface area contributed by atoms with Crippen LogP contribution in [0.5, 0.6) is 0 Å². The first-order valence-corrected chi connectivity index (χ1v) is 5.56. The summed E-state index contributed by atoms with van der Waals surface area (Å²) in [5.41, 5.74) is 2.06. The first-order chi connectivity index (χ1) is 8.61. The predicted octanol–water partition coefficient (Wildman–Crippen LogP) is 3.09. The number of nitriles is 1. The Kier molecular flexibility index (Phi) is 3.40. The minimum atomic E-state index is -1.06. The molecule has 1 unspecified atom stereocenters. The number of rotatable bonds is 2. The van der Waals surface area contributed by atoms with Crippen LogP contribution in [0.25, 0.3) is 0 Å². The number of hydrogen-bond acceptors (Lipinski definition) is 2. The largest absolute Gasteiger partial charge is 0.384 e. The highest BCUT2D eigenvalue weighted by Gasteiger charge is 2.15. The van der Waals surface area contributed by atoms with E-state index in [-0.39, 0.29) is 5.56 Å². The van der Waals surface area contributed by atoms with E-state index in [1.54, 1.807) is 36.4 Å². The number of aliphatic hydroxyl groups excluding tert-OH is 1. The molecule has 0 fully saturated rings. The van der Waals surface area contributed by atoms with Gasteiger partial charge in [-0.25, -0.2) is 4.39 Å². The third-order valence-electron chi connectivity index (χ3n) is 2.78. The van der Waals surface area contributed by atoms with Gasteiger partial charge in [0.1, 0.15) is 11.9 Å². The van der Waals surface area contributed by atoms with E-state index in [1.165, 1.54) is 6.07 Å². The zero-order valence-electron chi connectivity index (χ0n) is 9.89. The quantitative estimate of drug-likeness (QED) is 0.878. The summed E-state index contributed by atoms with van der Waals surface area (Å²) < 4.78 is 13.7. The van der Waals surface area contributed by atoms with E-state index >= 15 is 0 Å². The van der Waals surface area contributed by atoms with Crippen molar-refractivity contribution in [3.63, 3.8) is 0 Å². The lowest BCUT2D eigenvalue weighted by atomic mass is 9.98. The van der Waals surface area contributed by atoms with Gasteiger partial charge in [0.25, 0.3) is 0 Å². The molecule has 90 valence electrons. The fourth-order valence-corrected chi connectivity index (χ4v) is 1.83. The smallest absolute Gasteiger partial charge is 0.129 e.